The first-order valence-corrected chi connectivity index (χ1v) is 8.30. The van der Waals surface area contributed by atoms with Crippen LogP contribution in [-0.2, 0) is 0 Å². The molecule has 0 aliphatic carbocycles. The Morgan fingerprint density at radius 1 is 1.00 bits per heavy atom. The van der Waals surface area contributed by atoms with Crippen LogP contribution in [0.1, 0.15) is 16.1 Å². The monoisotopic (exact) mass is 367 g/mol. The van der Waals surface area contributed by atoms with Gasteiger partial charge in [-0.05, 0) is 37.3 Å². The smallest absolute Gasteiger partial charge is 0.255 e. The van der Waals surface area contributed by atoms with E-state index < -0.39 is 0 Å². The van der Waals surface area contributed by atoms with Gasteiger partial charge in [-0.3, -0.25) is 9.89 Å². The van der Waals surface area contributed by atoms with E-state index in [9.17, 15) is 4.79 Å². The molecular weight excluding hydrogens is 346 g/mol. The van der Waals surface area contributed by atoms with Gasteiger partial charge in [-0.25, -0.2) is 0 Å². The van der Waals surface area contributed by atoms with Crippen LogP contribution in [-0.4, -0.2) is 37.4 Å². The number of rotatable bonds is 6. The van der Waals surface area contributed by atoms with Gasteiger partial charge in [0.15, 0.2) is 11.5 Å². The summed E-state index contributed by atoms with van der Waals surface area (Å²) in [5.41, 5.74) is 3.29. The van der Waals surface area contributed by atoms with Crippen LogP contribution in [0.2, 0.25) is 0 Å². The van der Waals surface area contributed by atoms with Crippen molar-refractivity contribution in [1.82, 2.24) is 10.2 Å². The number of ether oxygens (including phenoxy) is 3. The lowest BCUT2D eigenvalue weighted by molar-refractivity contribution is 0.102. The van der Waals surface area contributed by atoms with E-state index in [1.54, 1.807) is 32.4 Å². The largest absolute Gasteiger partial charge is 0.497 e. The van der Waals surface area contributed by atoms with E-state index in [1.807, 2.05) is 31.2 Å². The molecule has 1 heterocycles. The summed E-state index contributed by atoms with van der Waals surface area (Å²) in [6, 6.07) is 12.5. The van der Waals surface area contributed by atoms with Crippen LogP contribution in [0.25, 0.3) is 11.3 Å². The first-order valence-electron chi connectivity index (χ1n) is 8.30. The molecule has 2 N–H and O–H groups in total. The molecule has 0 saturated carbocycles. The first kappa shape index (κ1) is 18.3. The summed E-state index contributed by atoms with van der Waals surface area (Å²) in [6.45, 7) is 1.85. The fourth-order valence-corrected chi connectivity index (χ4v) is 2.72. The van der Waals surface area contributed by atoms with Gasteiger partial charge >= 0.3 is 0 Å². The van der Waals surface area contributed by atoms with E-state index in [1.165, 1.54) is 7.11 Å². The molecule has 0 aliphatic heterocycles. The Hall–Kier alpha value is -3.48. The molecule has 27 heavy (non-hydrogen) atoms. The third-order valence-corrected chi connectivity index (χ3v) is 4.17. The fraction of sp³-hybridized carbons (Fsp3) is 0.200. The summed E-state index contributed by atoms with van der Waals surface area (Å²) in [4.78, 5) is 12.8. The van der Waals surface area contributed by atoms with Gasteiger partial charge in [0, 0.05) is 11.1 Å². The topological polar surface area (TPSA) is 85.5 Å². The number of carbonyl (C=O) groups excluding carboxylic acids is 1. The third-order valence-electron chi connectivity index (χ3n) is 4.17. The Morgan fingerprint density at radius 2 is 1.78 bits per heavy atom. The summed E-state index contributed by atoms with van der Waals surface area (Å²) < 4.78 is 15.7. The van der Waals surface area contributed by atoms with Crippen molar-refractivity contribution in [3.8, 4) is 28.5 Å². The Labute approximate surface area is 157 Å². The zero-order chi connectivity index (χ0) is 19.4. The quantitative estimate of drug-likeness (QED) is 0.694. The number of H-pyrrole nitrogens is 1. The van der Waals surface area contributed by atoms with Gasteiger partial charge in [0.25, 0.3) is 5.91 Å². The number of carbonyl (C=O) groups is 1. The fourth-order valence-electron chi connectivity index (χ4n) is 2.72. The van der Waals surface area contributed by atoms with Gasteiger partial charge < -0.3 is 19.5 Å². The number of amides is 1. The van der Waals surface area contributed by atoms with E-state index in [0.29, 0.717) is 34.2 Å². The molecular formula is C20H21N3O4. The molecule has 7 nitrogen and oxygen atoms in total. The van der Waals surface area contributed by atoms with Gasteiger partial charge in [-0.15, -0.1) is 0 Å². The molecule has 0 atom stereocenters. The molecule has 0 unspecified atom stereocenters. The number of methoxy groups -OCH3 is 3. The van der Waals surface area contributed by atoms with Crippen LogP contribution < -0.4 is 19.5 Å². The normalized spacial score (nSPS) is 10.4. The number of benzene rings is 2. The second-order valence-corrected chi connectivity index (χ2v) is 5.83. The predicted molar refractivity (Wildman–Crippen MR) is 103 cm³/mol. The highest BCUT2D eigenvalue weighted by Gasteiger charge is 2.17. The molecule has 0 spiro atoms. The molecule has 0 bridgehead atoms. The number of anilines is 1. The zero-order valence-electron chi connectivity index (χ0n) is 15.6. The molecule has 0 aliphatic rings. The van der Waals surface area contributed by atoms with Crippen LogP contribution in [0.15, 0.2) is 42.5 Å². The summed E-state index contributed by atoms with van der Waals surface area (Å²) in [7, 11) is 4.68. The lowest BCUT2D eigenvalue weighted by atomic mass is 10.1. The molecule has 0 saturated heterocycles. The van der Waals surface area contributed by atoms with E-state index in [-0.39, 0.29) is 5.91 Å². The highest BCUT2D eigenvalue weighted by Crippen LogP contribution is 2.32. The number of hydrogen-bond donors (Lipinski definition) is 2. The number of aromatic nitrogens is 2. The maximum atomic E-state index is 12.8. The molecule has 0 radical (unpaired) electrons. The number of hydrogen-bond acceptors (Lipinski definition) is 5. The summed E-state index contributed by atoms with van der Waals surface area (Å²) in [5, 5.41) is 10.2. The Morgan fingerprint density at radius 3 is 2.48 bits per heavy atom. The van der Waals surface area contributed by atoms with Crippen molar-refractivity contribution in [1.29, 1.82) is 0 Å². The molecule has 140 valence electrons. The first-order chi connectivity index (χ1) is 13.1. The van der Waals surface area contributed by atoms with Gasteiger partial charge in [-0.1, -0.05) is 12.1 Å². The lowest BCUT2D eigenvalue weighted by Crippen LogP contribution is -2.13. The number of nitrogens with zero attached hydrogens (tertiary/aromatic N) is 1. The predicted octanol–water partition coefficient (Wildman–Crippen LogP) is 3.66. The molecule has 1 amide bonds. The minimum absolute atomic E-state index is 0.274. The molecule has 2 aromatic carbocycles. The average Bonchev–Trinajstić information content (AvgIpc) is 3.07. The molecule has 7 heteroatoms. The van der Waals surface area contributed by atoms with Crippen molar-refractivity contribution < 1.29 is 19.0 Å². The zero-order valence-corrected chi connectivity index (χ0v) is 15.6. The SMILES string of the molecule is COc1cccc(-c2n[nH]c(C)c2NC(=O)c2ccc(OC)c(OC)c2)c1. The highest BCUT2D eigenvalue weighted by atomic mass is 16.5. The van der Waals surface area contributed by atoms with Crippen LogP contribution in [0.5, 0.6) is 17.2 Å². The van der Waals surface area contributed by atoms with Gasteiger partial charge in [0.05, 0.1) is 32.7 Å². The van der Waals surface area contributed by atoms with Crippen LogP contribution in [0.4, 0.5) is 5.69 Å². The summed E-state index contributed by atoms with van der Waals surface area (Å²) >= 11 is 0. The Bertz CT molecular complexity index is 966. The molecule has 1 aromatic heterocycles. The van der Waals surface area contributed by atoms with Crippen LogP contribution >= 0.6 is 0 Å². The highest BCUT2D eigenvalue weighted by molar-refractivity contribution is 6.06. The van der Waals surface area contributed by atoms with E-state index in [4.69, 9.17) is 14.2 Å². The van der Waals surface area contributed by atoms with Crippen LogP contribution in [0, 0.1) is 6.92 Å². The van der Waals surface area contributed by atoms with Crippen molar-refractivity contribution in [3.05, 3.63) is 53.7 Å². The maximum Gasteiger partial charge on any atom is 0.255 e. The Balaban J connectivity index is 1.92. The molecule has 3 rings (SSSR count). The van der Waals surface area contributed by atoms with E-state index >= 15 is 0 Å². The second-order valence-electron chi connectivity index (χ2n) is 5.83. The Kier molecular flexibility index (Phi) is 5.30. The number of aryl methyl sites for hydroxylation is 1. The number of aromatic amines is 1. The van der Waals surface area contributed by atoms with Gasteiger partial charge in [-0.2, -0.15) is 5.10 Å². The van der Waals surface area contributed by atoms with Gasteiger partial charge in [0.1, 0.15) is 11.4 Å². The summed E-state index contributed by atoms with van der Waals surface area (Å²) in [6.07, 6.45) is 0. The number of nitrogens with one attached hydrogen (secondary N) is 2. The van der Waals surface area contributed by atoms with Crippen molar-refractivity contribution >= 4 is 11.6 Å². The minimum atomic E-state index is -0.274. The average molecular weight is 367 g/mol. The van der Waals surface area contributed by atoms with Crippen molar-refractivity contribution in [3.63, 3.8) is 0 Å². The third kappa shape index (κ3) is 3.72. The minimum Gasteiger partial charge on any atom is -0.497 e. The standard InChI is InChI=1S/C20H21N3O4/c1-12-18(19(23-22-12)13-6-5-7-15(10-13)25-2)21-20(24)14-8-9-16(26-3)17(11-14)27-4/h5-11H,1-4H3,(H,21,24)(H,22,23). The second kappa shape index (κ2) is 7.82. The maximum absolute atomic E-state index is 12.8. The molecule has 0 fully saturated rings. The van der Waals surface area contributed by atoms with Crippen molar-refractivity contribution in [2.45, 2.75) is 6.92 Å². The van der Waals surface area contributed by atoms with Crippen molar-refractivity contribution in [2.75, 3.05) is 26.6 Å². The van der Waals surface area contributed by atoms with Crippen LogP contribution in [0.3, 0.4) is 0 Å². The van der Waals surface area contributed by atoms with Crippen molar-refractivity contribution in [2.24, 2.45) is 0 Å². The van der Waals surface area contributed by atoms with E-state index in [0.717, 1.165) is 11.3 Å². The summed E-state index contributed by atoms with van der Waals surface area (Å²) in [5.74, 6) is 1.49. The van der Waals surface area contributed by atoms with Gasteiger partial charge in [0.2, 0.25) is 0 Å². The molecule has 3 aromatic rings. The van der Waals surface area contributed by atoms with E-state index in [2.05, 4.69) is 15.5 Å². The lowest BCUT2D eigenvalue weighted by Gasteiger charge is -2.11.